The number of aliphatic carboxylic acids is 1. The number of ether oxygens (including phenoxy) is 3. The molecule has 0 aromatic carbocycles. The fraction of sp³-hybridized carbons (Fsp3) is 0.933. The smallest absolute Gasteiger partial charge is 0.361 e. The van der Waals surface area contributed by atoms with Crippen molar-refractivity contribution in [3.63, 3.8) is 0 Å². The van der Waals surface area contributed by atoms with Crippen LogP contribution in [0.2, 0.25) is 0 Å². The van der Waals surface area contributed by atoms with Gasteiger partial charge in [0.05, 0.1) is 34.4 Å². The maximum Gasteiger partial charge on any atom is 0.361 e. The molecule has 0 spiro atoms. The Hall–Kier alpha value is -1.22. The van der Waals surface area contributed by atoms with Gasteiger partial charge >= 0.3 is 11.9 Å². The quantitative estimate of drug-likeness (QED) is 0.0530. The predicted molar refractivity (Wildman–Crippen MR) is 152 cm³/mol. The number of esters is 1. The monoisotopic (exact) mass is 546 g/mol. The first-order valence-electron chi connectivity index (χ1n) is 15.3. The zero-order chi connectivity index (χ0) is 28.5. The van der Waals surface area contributed by atoms with Gasteiger partial charge in [-0.1, -0.05) is 110 Å². The maximum absolute atomic E-state index is 11.9. The highest BCUT2D eigenvalue weighted by Gasteiger charge is 2.22. The topological polar surface area (TPSA) is 102 Å². The van der Waals surface area contributed by atoms with E-state index >= 15 is 0 Å². The van der Waals surface area contributed by atoms with E-state index in [0.717, 1.165) is 19.3 Å². The molecule has 0 aliphatic carbocycles. The molecule has 0 bridgehead atoms. The molecule has 0 aromatic heterocycles. The fourth-order valence-electron chi connectivity index (χ4n) is 4.13. The lowest BCUT2D eigenvalue weighted by Crippen LogP contribution is -2.40. The number of carbonyl (C=O) groups is 2. The molecular weight excluding hydrogens is 486 g/mol. The van der Waals surface area contributed by atoms with Crippen LogP contribution < -0.4 is 0 Å². The van der Waals surface area contributed by atoms with E-state index in [1.165, 1.54) is 89.9 Å². The number of aliphatic hydroxyl groups is 1. The van der Waals surface area contributed by atoms with Crippen LogP contribution in [0.25, 0.3) is 0 Å². The average Bonchev–Trinajstić information content (AvgIpc) is 2.85. The predicted octanol–water partition coefficient (Wildman–Crippen LogP) is 6.08. The summed E-state index contributed by atoms with van der Waals surface area (Å²) in [5, 5.41) is 19.1. The van der Waals surface area contributed by atoms with Gasteiger partial charge in [0.15, 0.2) is 0 Å². The Bertz CT molecular complexity index is 565. The Kier molecular flexibility index (Phi) is 24.0. The van der Waals surface area contributed by atoms with Gasteiger partial charge in [-0.25, -0.2) is 4.79 Å². The minimum absolute atomic E-state index is 0.213. The molecule has 0 amide bonds. The van der Waals surface area contributed by atoms with Crippen LogP contribution >= 0.6 is 0 Å². The number of nitrogens with zero attached hydrogens (tertiary/aromatic N) is 1. The van der Waals surface area contributed by atoms with Gasteiger partial charge in [0, 0.05) is 6.42 Å². The number of rotatable bonds is 28. The molecule has 0 aromatic rings. The van der Waals surface area contributed by atoms with E-state index in [1.54, 1.807) is 0 Å². The van der Waals surface area contributed by atoms with E-state index in [-0.39, 0.29) is 25.8 Å². The van der Waals surface area contributed by atoms with Crippen molar-refractivity contribution in [2.24, 2.45) is 0 Å². The second kappa shape index (κ2) is 24.8. The maximum atomic E-state index is 11.9. The average molecular weight is 547 g/mol. The van der Waals surface area contributed by atoms with Crippen LogP contribution in [0, 0.1) is 0 Å². The van der Waals surface area contributed by atoms with E-state index in [1.807, 2.05) is 21.1 Å². The van der Waals surface area contributed by atoms with Crippen LogP contribution in [-0.2, 0) is 23.8 Å². The lowest BCUT2D eigenvalue weighted by molar-refractivity contribution is -0.870. The van der Waals surface area contributed by atoms with Gasteiger partial charge in [-0.2, -0.15) is 0 Å². The number of carboxylic acid groups (broad SMARTS) is 1. The highest BCUT2D eigenvalue weighted by atomic mass is 16.7. The third-order valence-electron chi connectivity index (χ3n) is 6.59. The molecule has 0 aliphatic heterocycles. The van der Waals surface area contributed by atoms with Crippen molar-refractivity contribution in [2.45, 2.75) is 135 Å². The summed E-state index contributed by atoms with van der Waals surface area (Å²) in [4.78, 5) is 23.1. The van der Waals surface area contributed by atoms with Crippen LogP contribution in [0.5, 0.6) is 0 Å². The Morgan fingerprint density at radius 2 is 1.13 bits per heavy atom. The second-order valence-corrected chi connectivity index (χ2v) is 11.6. The molecule has 0 radical (unpaired) electrons. The molecule has 8 heteroatoms. The molecule has 0 fully saturated rings. The molecule has 0 saturated carbocycles. The van der Waals surface area contributed by atoms with Gasteiger partial charge in [0.2, 0.25) is 0 Å². The molecule has 2 atom stereocenters. The van der Waals surface area contributed by atoms with Crippen molar-refractivity contribution < 1.29 is 38.5 Å². The van der Waals surface area contributed by atoms with E-state index < -0.39 is 18.4 Å². The van der Waals surface area contributed by atoms with Gasteiger partial charge in [-0.15, -0.1) is 0 Å². The Morgan fingerprint density at radius 1 is 0.684 bits per heavy atom. The Labute approximate surface area is 233 Å². The lowest BCUT2D eigenvalue weighted by atomic mass is 10.0. The number of hydrogen-bond donors (Lipinski definition) is 2. The normalized spacial score (nSPS) is 13.4. The van der Waals surface area contributed by atoms with Crippen molar-refractivity contribution >= 4 is 11.9 Å². The highest BCUT2D eigenvalue weighted by Crippen LogP contribution is 2.14. The van der Waals surface area contributed by atoms with Gasteiger partial charge in [0.1, 0.15) is 19.3 Å². The van der Waals surface area contributed by atoms with Gasteiger partial charge < -0.3 is 28.9 Å². The highest BCUT2D eigenvalue weighted by molar-refractivity contribution is 5.70. The number of aliphatic hydroxyl groups excluding tert-OH is 1. The zero-order valence-corrected chi connectivity index (χ0v) is 25.1. The third kappa shape index (κ3) is 26.4. The number of unbranched alkanes of at least 4 members (excludes halogenated alkanes) is 16. The summed E-state index contributed by atoms with van der Waals surface area (Å²) in [6.45, 7) is 2.59. The first kappa shape index (κ1) is 36.8. The van der Waals surface area contributed by atoms with E-state index in [0.29, 0.717) is 17.4 Å². The van der Waals surface area contributed by atoms with Gasteiger partial charge in [-0.3, -0.25) is 4.79 Å². The summed E-state index contributed by atoms with van der Waals surface area (Å²) in [6, 6.07) is 0. The molecule has 226 valence electrons. The number of carbonyl (C=O) groups excluding carboxylic acids is 1. The minimum atomic E-state index is -1.46. The molecule has 0 heterocycles. The molecule has 0 saturated heterocycles. The van der Waals surface area contributed by atoms with Crippen molar-refractivity contribution in [3.05, 3.63) is 0 Å². The Morgan fingerprint density at radius 3 is 1.55 bits per heavy atom. The molecular formula is C30H60NO7+. The van der Waals surface area contributed by atoms with Crippen LogP contribution in [0.4, 0.5) is 0 Å². The standard InChI is InChI=1S/C30H59NO7/c1-5-6-7-8-9-10-11-12-13-14-15-16-17-18-19-20-21-22-28(33)37-25-27(32)26-38-30(29(34)35)36-24-23-31(2,3)4/h27,30,32H,5-26H2,1-4H3/p+1. The first-order valence-corrected chi connectivity index (χ1v) is 15.3. The van der Waals surface area contributed by atoms with E-state index in [9.17, 15) is 19.8 Å². The van der Waals surface area contributed by atoms with E-state index in [2.05, 4.69) is 6.92 Å². The van der Waals surface area contributed by atoms with Crippen molar-refractivity contribution in [3.8, 4) is 0 Å². The number of quaternary nitrogens is 1. The molecule has 0 rings (SSSR count). The lowest BCUT2D eigenvalue weighted by Gasteiger charge is -2.24. The Balaban J connectivity index is 3.55. The largest absolute Gasteiger partial charge is 0.477 e. The SMILES string of the molecule is CCCCCCCCCCCCCCCCCCCC(=O)OCC(O)COC(OCC[N+](C)(C)C)C(=O)O. The number of carboxylic acids is 1. The molecule has 2 unspecified atom stereocenters. The van der Waals surface area contributed by atoms with Crippen molar-refractivity contribution in [1.82, 2.24) is 0 Å². The zero-order valence-electron chi connectivity index (χ0n) is 25.1. The van der Waals surface area contributed by atoms with Crippen molar-refractivity contribution in [2.75, 3.05) is 47.5 Å². The first-order chi connectivity index (χ1) is 18.2. The number of likely N-dealkylation sites (N-methyl/N-ethyl adjacent to an activating group) is 1. The summed E-state index contributed by atoms with van der Waals surface area (Å²) in [5.74, 6) is -1.60. The molecule has 0 aliphatic rings. The van der Waals surface area contributed by atoms with Crippen LogP contribution in [0.15, 0.2) is 0 Å². The van der Waals surface area contributed by atoms with Crippen molar-refractivity contribution in [1.29, 1.82) is 0 Å². The fourth-order valence-corrected chi connectivity index (χ4v) is 4.13. The summed E-state index contributed by atoms with van der Waals surface area (Å²) in [5.41, 5.74) is 0. The molecule has 8 nitrogen and oxygen atoms in total. The van der Waals surface area contributed by atoms with E-state index in [4.69, 9.17) is 14.2 Å². The number of hydrogen-bond acceptors (Lipinski definition) is 6. The van der Waals surface area contributed by atoms with Crippen LogP contribution in [-0.4, -0.2) is 86.5 Å². The molecule has 2 N–H and O–H groups in total. The van der Waals surface area contributed by atoms with Crippen LogP contribution in [0.3, 0.4) is 0 Å². The summed E-state index contributed by atoms with van der Waals surface area (Å²) < 4.78 is 16.1. The van der Waals surface area contributed by atoms with Gasteiger partial charge in [0.25, 0.3) is 6.29 Å². The third-order valence-corrected chi connectivity index (χ3v) is 6.59. The molecule has 38 heavy (non-hydrogen) atoms. The summed E-state index contributed by atoms with van der Waals surface area (Å²) in [6.07, 6.45) is 19.7. The summed E-state index contributed by atoms with van der Waals surface area (Å²) in [7, 11) is 5.91. The minimum Gasteiger partial charge on any atom is -0.477 e. The van der Waals surface area contributed by atoms with Crippen LogP contribution in [0.1, 0.15) is 122 Å². The summed E-state index contributed by atoms with van der Waals surface area (Å²) >= 11 is 0. The van der Waals surface area contributed by atoms with Gasteiger partial charge in [-0.05, 0) is 6.42 Å². The second-order valence-electron chi connectivity index (χ2n) is 11.6.